The van der Waals surface area contributed by atoms with Gasteiger partial charge in [-0.25, -0.2) is 0 Å². The minimum Gasteiger partial charge on any atom is -0.491 e. The molecule has 4 heteroatoms. The van der Waals surface area contributed by atoms with E-state index in [0.29, 0.717) is 13.2 Å². The van der Waals surface area contributed by atoms with Gasteiger partial charge in [-0.2, -0.15) is 0 Å². The van der Waals surface area contributed by atoms with E-state index in [4.69, 9.17) is 9.47 Å². The van der Waals surface area contributed by atoms with Crippen molar-refractivity contribution in [2.24, 2.45) is 0 Å². The summed E-state index contributed by atoms with van der Waals surface area (Å²) in [5, 5.41) is 10.2. The van der Waals surface area contributed by atoms with Gasteiger partial charge in [0.1, 0.15) is 18.5 Å². The monoisotopic (exact) mass is 305 g/mol. The third-order valence-electron chi connectivity index (χ3n) is 4.48. The lowest BCUT2D eigenvalue weighted by Crippen LogP contribution is -2.48. The first kappa shape index (κ1) is 15.8. The van der Waals surface area contributed by atoms with Crippen LogP contribution in [0.3, 0.4) is 0 Å². The summed E-state index contributed by atoms with van der Waals surface area (Å²) in [6.45, 7) is 6.90. The van der Waals surface area contributed by atoms with Gasteiger partial charge in [0, 0.05) is 19.6 Å². The van der Waals surface area contributed by atoms with Crippen LogP contribution in [0, 0.1) is 0 Å². The number of ether oxygens (including phenoxy) is 2. The molecule has 0 bridgehead atoms. The number of rotatable bonds is 5. The number of aliphatic hydroxyl groups excluding tert-OH is 1. The predicted molar refractivity (Wildman–Crippen MR) is 86.4 cm³/mol. The van der Waals surface area contributed by atoms with Crippen LogP contribution in [0.5, 0.6) is 5.75 Å². The number of hydrogen-bond acceptors (Lipinski definition) is 4. The van der Waals surface area contributed by atoms with Crippen LogP contribution in [0.1, 0.15) is 31.4 Å². The second-order valence-corrected chi connectivity index (χ2v) is 6.72. The molecule has 1 fully saturated rings. The van der Waals surface area contributed by atoms with E-state index in [1.54, 1.807) is 0 Å². The molecular formula is C18H27NO3. The second kappa shape index (κ2) is 6.99. The molecule has 3 atom stereocenters. The van der Waals surface area contributed by atoms with E-state index in [1.165, 1.54) is 24.0 Å². The van der Waals surface area contributed by atoms with Crippen molar-refractivity contribution in [3.05, 3.63) is 29.3 Å². The zero-order valence-electron chi connectivity index (χ0n) is 13.6. The van der Waals surface area contributed by atoms with Gasteiger partial charge >= 0.3 is 0 Å². The second-order valence-electron chi connectivity index (χ2n) is 6.72. The SMILES string of the molecule is C[C@H]1CN(C[C@H](O)COc2ccc3c(c2)CCC3)C[C@H](C)O1. The molecule has 0 unspecified atom stereocenters. The van der Waals surface area contributed by atoms with Crippen LogP contribution in [-0.2, 0) is 17.6 Å². The normalized spacial score (nSPS) is 26.7. The lowest BCUT2D eigenvalue weighted by atomic mass is 10.1. The predicted octanol–water partition coefficient (Wildman–Crippen LogP) is 2.02. The van der Waals surface area contributed by atoms with Gasteiger partial charge in [-0.3, -0.25) is 4.90 Å². The Morgan fingerprint density at radius 2 is 1.95 bits per heavy atom. The van der Waals surface area contributed by atoms with Gasteiger partial charge in [0.2, 0.25) is 0 Å². The number of β-amino-alcohol motifs (C(OH)–C–C–N with tert-alkyl or cyclic N) is 1. The fourth-order valence-electron chi connectivity index (χ4n) is 3.61. The summed E-state index contributed by atoms with van der Waals surface area (Å²) in [6.07, 6.45) is 3.58. The van der Waals surface area contributed by atoms with Gasteiger partial charge in [-0.05, 0) is 56.4 Å². The quantitative estimate of drug-likeness (QED) is 0.904. The Hall–Kier alpha value is -1.10. The highest BCUT2D eigenvalue weighted by Gasteiger charge is 2.24. The number of aryl methyl sites for hydroxylation is 2. The zero-order chi connectivity index (χ0) is 15.5. The minimum atomic E-state index is -0.467. The summed E-state index contributed by atoms with van der Waals surface area (Å²) in [6, 6.07) is 6.32. The lowest BCUT2D eigenvalue weighted by Gasteiger charge is -2.36. The first-order valence-corrected chi connectivity index (χ1v) is 8.40. The minimum absolute atomic E-state index is 0.230. The van der Waals surface area contributed by atoms with Crippen molar-refractivity contribution in [2.75, 3.05) is 26.2 Å². The summed E-state index contributed by atoms with van der Waals surface area (Å²) in [4.78, 5) is 2.26. The molecule has 1 aromatic rings. The Morgan fingerprint density at radius 1 is 1.23 bits per heavy atom. The summed E-state index contributed by atoms with van der Waals surface area (Å²) < 4.78 is 11.5. The Labute approximate surface area is 133 Å². The van der Waals surface area contributed by atoms with Crippen LogP contribution in [0.4, 0.5) is 0 Å². The highest BCUT2D eigenvalue weighted by molar-refractivity contribution is 5.38. The molecule has 1 N–H and O–H groups in total. The smallest absolute Gasteiger partial charge is 0.119 e. The molecule has 0 saturated carbocycles. The van der Waals surface area contributed by atoms with Gasteiger partial charge in [-0.15, -0.1) is 0 Å². The van der Waals surface area contributed by atoms with Crippen molar-refractivity contribution in [1.82, 2.24) is 4.90 Å². The average Bonchev–Trinajstić information content (AvgIpc) is 2.91. The van der Waals surface area contributed by atoms with E-state index >= 15 is 0 Å². The molecule has 0 spiro atoms. The molecule has 1 aliphatic carbocycles. The van der Waals surface area contributed by atoms with Gasteiger partial charge in [0.15, 0.2) is 0 Å². The van der Waals surface area contributed by atoms with Crippen molar-refractivity contribution in [3.63, 3.8) is 0 Å². The lowest BCUT2D eigenvalue weighted by molar-refractivity contribution is -0.0786. The largest absolute Gasteiger partial charge is 0.491 e. The molecule has 22 heavy (non-hydrogen) atoms. The van der Waals surface area contributed by atoms with Crippen molar-refractivity contribution in [3.8, 4) is 5.75 Å². The molecule has 2 aliphatic rings. The topological polar surface area (TPSA) is 41.9 Å². The number of hydrogen-bond donors (Lipinski definition) is 1. The first-order chi connectivity index (χ1) is 10.6. The highest BCUT2D eigenvalue weighted by Crippen LogP contribution is 2.26. The maximum Gasteiger partial charge on any atom is 0.119 e. The van der Waals surface area contributed by atoms with Gasteiger partial charge in [0.25, 0.3) is 0 Å². The summed E-state index contributed by atoms with van der Waals surface area (Å²) in [5.41, 5.74) is 2.85. The Kier molecular flexibility index (Phi) is 5.01. The van der Waals surface area contributed by atoms with Crippen LogP contribution in [0.2, 0.25) is 0 Å². The molecule has 0 radical (unpaired) electrons. The van der Waals surface area contributed by atoms with Crippen molar-refractivity contribution >= 4 is 0 Å². The van der Waals surface area contributed by atoms with E-state index in [1.807, 2.05) is 6.07 Å². The first-order valence-electron chi connectivity index (χ1n) is 8.40. The van der Waals surface area contributed by atoms with E-state index < -0.39 is 6.10 Å². The number of morpholine rings is 1. The molecular weight excluding hydrogens is 278 g/mol. The molecule has 1 heterocycles. The fourth-order valence-corrected chi connectivity index (χ4v) is 3.61. The van der Waals surface area contributed by atoms with Gasteiger partial charge in [-0.1, -0.05) is 6.07 Å². The van der Waals surface area contributed by atoms with Gasteiger partial charge < -0.3 is 14.6 Å². The van der Waals surface area contributed by atoms with Crippen LogP contribution < -0.4 is 4.74 Å². The maximum absolute atomic E-state index is 10.2. The van der Waals surface area contributed by atoms with Gasteiger partial charge in [0.05, 0.1) is 12.2 Å². The van der Waals surface area contributed by atoms with E-state index in [9.17, 15) is 5.11 Å². The number of benzene rings is 1. The fraction of sp³-hybridized carbons (Fsp3) is 0.667. The molecule has 1 saturated heterocycles. The molecule has 3 rings (SSSR count). The van der Waals surface area contributed by atoms with E-state index in [-0.39, 0.29) is 12.2 Å². The Bertz CT molecular complexity index is 495. The summed E-state index contributed by atoms with van der Waals surface area (Å²) >= 11 is 0. The molecule has 1 aromatic carbocycles. The Morgan fingerprint density at radius 3 is 2.73 bits per heavy atom. The molecule has 0 aromatic heterocycles. The molecule has 4 nitrogen and oxygen atoms in total. The average molecular weight is 305 g/mol. The summed E-state index contributed by atoms with van der Waals surface area (Å²) in [7, 11) is 0. The van der Waals surface area contributed by atoms with Crippen molar-refractivity contribution in [2.45, 2.75) is 51.4 Å². The maximum atomic E-state index is 10.2. The third kappa shape index (κ3) is 4.00. The van der Waals surface area contributed by atoms with E-state index in [2.05, 4.69) is 30.9 Å². The standard InChI is InChI=1S/C18H27NO3/c1-13-9-19(10-14(2)22-13)11-17(20)12-21-18-7-6-15-4-3-5-16(15)8-18/h6-8,13-14,17,20H,3-5,9-12H2,1-2H3/t13-,14-,17-/m0/s1. The van der Waals surface area contributed by atoms with Crippen LogP contribution >= 0.6 is 0 Å². The Balaban J connectivity index is 1.47. The molecule has 1 aliphatic heterocycles. The van der Waals surface area contributed by atoms with Crippen molar-refractivity contribution in [1.29, 1.82) is 0 Å². The number of aliphatic hydroxyl groups is 1. The van der Waals surface area contributed by atoms with Crippen LogP contribution in [-0.4, -0.2) is 54.6 Å². The van der Waals surface area contributed by atoms with Crippen LogP contribution in [0.15, 0.2) is 18.2 Å². The molecule has 0 amide bonds. The summed E-state index contributed by atoms with van der Waals surface area (Å²) in [5.74, 6) is 0.878. The molecule has 122 valence electrons. The number of nitrogens with zero attached hydrogens (tertiary/aromatic N) is 1. The highest BCUT2D eigenvalue weighted by atomic mass is 16.5. The number of fused-ring (bicyclic) bond motifs is 1. The zero-order valence-corrected chi connectivity index (χ0v) is 13.6. The van der Waals surface area contributed by atoms with Crippen LogP contribution in [0.25, 0.3) is 0 Å². The van der Waals surface area contributed by atoms with E-state index in [0.717, 1.165) is 25.3 Å². The third-order valence-corrected chi connectivity index (χ3v) is 4.48. The van der Waals surface area contributed by atoms with Crippen molar-refractivity contribution < 1.29 is 14.6 Å².